The Labute approximate surface area is 167 Å². The lowest BCUT2D eigenvalue weighted by molar-refractivity contribution is 0.262. The normalized spacial score (nSPS) is 10.8. The topological polar surface area (TPSA) is 54.0 Å². The van der Waals surface area contributed by atoms with Gasteiger partial charge in [-0.25, -0.2) is 18.6 Å². The van der Waals surface area contributed by atoms with E-state index in [1.54, 1.807) is 18.2 Å². The summed E-state index contributed by atoms with van der Waals surface area (Å²) in [6.45, 7) is 0. The molecule has 0 aliphatic carbocycles. The maximum absolute atomic E-state index is 13.6. The van der Waals surface area contributed by atoms with Gasteiger partial charge in [0, 0.05) is 17.3 Å². The van der Waals surface area contributed by atoms with Crippen molar-refractivity contribution in [1.29, 1.82) is 0 Å². The Hall–Kier alpha value is -3.03. The van der Waals surface area contributed by atoms with Crippen molar-refractivity contribution in [3.05, 3.63) is 77.3 Å². The zero-order valence-electron chi connectivity index (χ0n) is 14.2. The quantitative estimate of drug-likeness (QED) is 0.399. The second-order valence-corrected chi connectivity index (χ2v) is 7.32. The first kappa shape index (κ1) is 18.3. The smallest absolute Gasteiger partial charge is 0.308 e. The molecule has 0 saturated carbocycles. The lowest BCUT2D eigenvalue weighted by Crippen LogP contribution is -2.20. The van der Waals surface area contributed by atoms with Crippen LogP contribution in [0.5, 0.6) is 0 Å². The number of urea groups is 1. The third kappa shape index (κ3) is 3.81. The minimum absolute atomic E-state index is 0.129. The van der Waals surface area contributed by atoms with Crippen molar-refractivity contribution in [2.75, 3.05) is 10.6 Å². The van der Waals surface area contributed by atoms with Gasteiger partial charge in [-0.05, 0) is 42.5 Å². The van der Waals surface area contributed by atoms with Gasteiger partial charge in [-0.1, -0.05) is 23.7 Å². The molecule has 0 spiro atoms. The molecule has 0 saturated heterocycles. The molecule has 3 aromatic carbocycles. The largest absolute Gasteiger partial charge is 0.323 e. The highest BCUT2D eigenvalue weighted by atomic mass is 35.5. The lowest BCUT2D eigenvalue weighted by atomic mass is 10.2. The molecule has 0 fully saturated rings. The van der Waals surface area contributed by atoms with Crippen LogP contribution < -0.4 is 10.6 Å². The summed E-state index contributed by atoms with van der Waals surface area (Å²) in [4.78, 5) is 16.6. The van der Waals surface area contributed by atoms with Gasteiger partial charge in [-0.2, -0.15) is 0 Å². The summed E-state index contributed by atoms with van der Waals surface area (Å²) in [6, 6.07) is 15.0. The molecule has 140 valence electrons. The molecule has 0 aliphatic rings. The average Bonchev–Trinajstić information content (AvgIpc) is 3.08. The number of hydrogen-bond donors (Lipinski definition) is 2. The summed E-state index contributed by atoms with van der Waals surface area (Å²) in [7, 11) is 0. The molecule has 1 aromatic heterocycles. The van der Waals surface area contributed by atoms with Crippen LogP contribution in [0.2, 0.25) is 5.02 Å². The summed E-state index contributed by atoms with van der Waals surface area (Å²) < 4.78 is 27.6. The maximum Gasteiger partial charge on any atom is 0.323 e. The number of para-hydroxylation sites is 1. The fraction of sp³-hybridized carbons (Fsp3) is 0. The van der Waals surface area contributed by atoms with E-state index in [1.807, 2.05) is 24.3 Å². The second-order valence-electron chi connectivity index (χ2n) is 5.88. The minimum Gasteiger partial charge on any atom is -0.308 e. The van der Waals surface area contributed by atoms with Crippen LogP contribution in [-0.2, 0) is 0 Å². The van der Waals surface area contributed by atoms with Crippen LogP contribution in [0.1, 0.15) is 0 Å². The molecule has 0 radical (unpaired) electrons. The molecule has 0 unspecified atom stereocenters. The van der Waals surface area contributed by atoms with E-state index in [4.69, 9.17) is 11.6 Å². The van der Waals surface area contributed by atoms with E-state index in [9.17, 15) is 13.6 Å². The van der Waals surface area contributed by atoms with Gasteiger partial charge in [-0.3, -0.25) is 0 Å². The molecule has 2 amide bonds. The highest BCUT2D eigenvalue weighted by Crippen LogP contribution is 2.35. The first-order chi connectivity index (χ1) is 13.5. The van der Waals surface area contributed by atoms with Crippen molar-refractivity contribution in [3.63, 3.8) is 0 Å². The number of carbonyl (C=O) groups is 1. The Kier molecular flexibility index (Phi) is 4.93. The number of amides is 2. The molecule has 1 heterocycles. The molecule has 28 heavy (non-hydrogen) atoms. The Morgan fingerprint density at radius 3 is 2.57 bits per heavy atom. The average molecular weight is 416 g/mol. The molecule has 4 rings (SSSR count). The first-order valence-electron chi connectivity index (χ1n) is 8.18. The van der Waals surface area contributed by atoms with E-state index < -0.39 is 17.7 Å². The fourth-order valence-electron chi connectivity index (χ4n) is 2.63. The minimum atomic E-state index is -0.862. The summed E-state index contributed by atoms with van der Waals surface area (Å²) in [5, 5.41) is 6.09. The number of rotatable bonds is 3. The highest BCUT2D eigenvalue weighted by molar-refractivity contribution is 7.21. The Balaban J connectivity index is 1.51. The molecule has 8 heteroatoms. The molecular weight excluding hydrogens is 404 g/mol. The van der Waals surface area contributed by atoms with Gasteiger partial charge in [0.25, 0.3) is 0 Å². The van der Waals surface area contributed by atoms with E-state index >= 15 is 0 Å². The Morgan fingerprint density at radius 2 is 1.82 bits per heavy atom. The molecule has 0 aliphatic heterocycles. The predicted molar refractivity (Wildman–Crippen MR) is 109 cm³/mol. The van der Waals surface area contributed by atoms with Gasteiger partial charge < -0.3 is 10.6 Å². The van der Waals surface area contributed by atoms with Gasteiger partial charge in [0.1, 0.15) is 16.6 Å². The van der Waals surface area contributed by atoms with E-state index in [1.165, 1.54) is 11.3 Å². The van der Waals surface area contributed by atoms with E-state index in [-0.39, 0.29) is 5.69 Å². The van der Waals surface area contributed by atoms with Crippen LogP contribution in [0, 0.1) is 11.6 Å². The van der Waals surface area contributed by atoms with Gasteiger partial charge in [-0.15, -0.1) is 11.3 Å². The van der Waals surface area contributed by atoms with Crippen molar-refractivity contribution < 1.29 is 13.6 Å². The highest BCUT2D eigenvalue weighted by Gasteiger charge is 2.12. The van der Waals surface area contributed by atoms with E-state index in [0.29, 0.717) is 16.8 Å². The number of aromatic nitrogens is 1. The monoisotopic (exact) mass is 415 g/mol. The number of halogens is 3. The second kappa shape index (κ2) is 7.53. The van der Waals surface area contributed by atoms with Crippen LogP contribution in [0.15, 0.2) is 60.7 Å². The van der Waals surface area contributed by atoms with Crippen molar-refractivity contribution in [3.8, 4) is 10.6 Å². The molecule has 4 aromatic rings. The van der Waals surface area contributed by atoms with Gasteiger partial charge in [0.2, 0.25) is 0 Å². The van der Waals surface area contributed by atoms with Crippen LogP contribution in [0.25, 0.3) is 20.8 Å². The molecule has 0 atom stereocenters. The van der Waals surface area contributed by atoms with Crippen LogP contribution in [0.3, 0.4) is 0 Å². The number of anilines is 2. The molecule has 0 bridgehead atoms. The standard InChI is InChI=1S/C20H12ClF2N3OS/c21-14-10-12(24-20(27)26-16-8-5-11(22)9-15(16)23)6-7-13(14)19-25-17-3-1-2-4-18(17)28-19/h1-10H,(H2,24,26,27). The van der Waals surface area contributed by atoms with E-state index in [0.717, 1.165) is 32.9 Å². The van der Waals surface area contributed by atoms with Gasteiger partial charge >= 0.3 is 6.03 Å². The van der Waals surface area contributed by atoms with Gasteiger partial charge in [0.15, 0.2) is 0 Å². The fourth-order valence-corrected chi connectivity index (χ4v) is 3.96. The molecule has 2 N–H and O–H groups in total. The third-order valence-corrected chi connectivity index (χ3v) is 5.31. The van der Waals surface area contributed by atoms with Crippen molar-refractivity contribution in [1.82, 2.24) is 4.98 Å². The van der Waals surface area contributed by atoms with Crippen molar-refractivity contribution in [2.45, 2.75) is 0 Å². The van der Waals surface area contributed by atoms with Crippen LogP contribution in [-0.4, -0.2) is 11.0 Å². The Morgan fingerprint density at radius 1 is 1.00 bits per heavy atom. The predicted octanol–water partition coefficient (Wildman–Crippen LogP) is 6.54. The molecule has 4 nitrogen and oxygen atoms in total. The van der Waals surface area contributed by atoms with Crippen LogP contribution in [0.4, 0.5) is 25.0 Å². The van der Waals surface area contributed by atoms with Crippen molar-refractivity contribution in [2.24, 2.45) is 0 Å². The lowest BCUT2D eigenvalue weighted by Gasteiger charge is -2.10. The number of nitrogens with zero attached hydrogens (tertiary/aromatic N) is 1. The number of carbonyl (C=O) groups excluding carboxylic acids is 1. The summed E-state index contributed by atoms with van der Waals surface area (Å²) in [5.41, 5.74) is 1.94. The van der Waals surface area contributed by atoms with Crippen molar-refractivity contribution >= 4 is 50.6 Å². The number of hydrogen-bond acceptors (Lipinski definition) is 3. The summed E-state index contributed by atoms with van der Waals surface area (Å²) >= 11 is 7.89. The van der Waals surface area contributed by atoms with Crippen LogP contribution >= 0.6 is 22.9 Å². The summed E-state index contributed by atoms with van der Waals surface area (Å²) in [5.74, 6) is -1.58. The zero-order valence-corrected chi connectivity index (χ0v) is 15.7. The Bertz CT molecular complexity index is 1160. The number of nitrogens with one attached hydrogen (secondary N) is 2. The zero-order chi connectivity index (χ0) is 19.7. The van der Waals surface area contributed by atoms with E-state index in [2.05, 4.69) is 15.6 Å². The number of benzene rings is 3. The third-order valence-electron chi connectivity index (χ3n) is 3.93. The first-order valence-corrected chi connectivity index (χ1v) is 9.37. The number of thiazole rings is 1. The maximum atomic E-state index is 13.6. The van der Waals surface area contributed by atoms with Gasteiger partial charge in [0.05, 0.1) is 20.9 Å². The SMILES string of the molecule is O=C(Nc1ccc(-c2nc3ccccc3s2)c(Cl)c1)Nc1ccc(F)cc1F. The number of fused-ring (bicyclic) bond motifs is 1. The molecular formula is C20H12ClF2N3OS. The summed E-state index contributed by atoms with van der Waals surface area (Å²) in [6.07, 6.45) is 0.